The number of halogens is 3. The molecule has 5 heteroatoms. The van der Waals surface area contributed by atoms with Gasteiger partial charge in [-0.05, 0) is 42.2 Å². The Morgan fingerprint density at radius 1 is 0.857 bits per heavy atom. The van der Waals surface area contributed by atoms with Crippen LogP contribution in [-0.2, 0) is 5.41 Å². The number of aromatic nitrogens is 2. The molecule has 0 saturated heterocycles. The van der Waals surface area contributed by atoms with E-state index in [9.17, 15) is 13.2 Å². The predicted octanol–water partition coefficient (Wildman–Crippen LogP) is 7.00. The van der Waals surface area contributed by atoms with Gasteiger partial charge in [-0.25, -0.2) is 0 Å². The molecule has 0 aliphatic heterocycles. The van der Waals surface area contributed by atoms with Crippen LogP contribution in [0.4, 0.5) is 13.2 Å². The summed E-state index contributed by atoms with van der Waals surface area (Å²) in [6.45, 7) is 3.86. The van der Waals surface area contributed by atoms with Gasteiger partial charge in [-0.3, -0.25) is 0 Å². The first kappa shape index (κ1) is 18.7. The molecule has 0 fully saturated rings. The van der Waals surface area contributed by atoms with Gasteiger partial charge in [0.25, 0.3) is 0 Å². The number of benzene rings is 2. The van der Waals surface area contributed by atoms with Crippen molar-refractivity contribution in [3.8, 4) is 0 Å². The number of fused-ring (bicyclic) bond motifs is 2. The summed E-state index contributed by atoms with van der Waals surface area (Å²) in [7, 11) is 0. The van der Waals surface area contributed by atoms with Crippen LogP contribution in [0.3, 0.4) is 0 Å². The Morgan fingerprint density at radius 2 is 1.50 bits per heavy atom. The number of para-hydroxylation sites is 1. The number of unbranched alkanes of at least 4 members (excludes halogenated alkanes) is 1. The molecule has 0 radical (unpaired) electrons. The molecule has 0 aliphatic rings. The van der Waals surface area contributed by atoms with Crippen molar-refractivity contribution in [2.75, 3.05) is 0 Å². The normalized spacial score (nSPS) is 14.6. The van der Waals surface area contributed by atoms with Crippen LogP contribution in [0.2, 0.25) is 0 Å². The molecule has 0 spiro atoms. The molecule has 2 aromatic heterocycles. The summed E-state index contributed by atoms with van der Waals surface area (Å²) in [4.78, 5) is 6.13. The van der Waals surface area contributed by atoms with Crippen molar-refractivity contribution in [3.63, 3.8) is 0 Å². The van der Waals surface area contributed by atoms with Gasteiger partial charge in [0.1, 0.15) is 5.41 Å². The third kappa shape index (κ3) is 2.72. The highest BCUT2D eigenvalue weighted by atomic mass is 19.4. The minimum atomic E-state index is -4.44. The van der Waals surface area contributed by atoms with E-state index in [4.69, 9.17) is 0 Å². The lowest BCUT2D eigenvalue weighted by molar-refractivity contribution is -0.179. The molecule has 2 N–H and O–H groups in total. The maximum Gasteiger partial charge on any atom is 0.402 e. The number of H-pyrrole nitrogens is 2. The summed E-state index contributed by atoms with van der Waals surface area (Å²) in [6.07, 6.45) is -0.155. The Morgan fingerprint density at radius 3 is 2.18 bits per heavy atom. The summed E-state index contributed by atoms with van der Waals surface area (Å²) >= 11 is 0. The van der Waals surface area contributed by atoms with Gasteiger partial charge in [-0.2, -0.15) is 13.2 Å². The van der Waals surface area contributed by atoms with Crippen LogP contribution in [0, 0.1) is 6.92 Å². The van der Waals surface area contributed by atoms with Gasteiger partial charge < -0.3 is 9.97 Å². The van der Waals surface area contributed by atoms with Crippen LogP contribution in [0.25, 0.3) is 21.8 Å². The monoisotopic (exact) mass is 384 g/mol. The Labute approximate surface area is 161 Å². The van der Waals surface area contributed by atoms with E-state index in [1.807, 2.05) is 38.1 Å². The van der Waals surface area contributed by atoms with Gasteiger partial charge in [0.15, 0.2) is 0 Å². The zero-order chi connectivity index (χ0) is 19.9. The van der Waals surface area contributed by atoms with E-state index in [0.29, 0.717) is 34.7 Å². The highest BCUT2D eigenvalue weighted by molar-refractivity contribution is 5.90. The van der Waals surface area contributed by atoms with Crippen LogP contribution < -0.4 is 0 Å². The van der Waals surface area contributed by atoms with E-state index in [2.05, 4.69) is 9.97 Å². The first-order valence-corrected chi connectivity index (χ1v) is 9.60. The molecule has 0 amide bonds. The smallest absolute Gasteiger partial charge is 0.361 e. The summed E-state index contributed by atoms with van der Waals surface area (Å²) < 4.78 is 44.8. The summed E-state index contributed by atoms with van der Waals surface area (Å²) in [6, 6.07) is 12.8. The molecule has 1 atom stereocenters. The topological polar surface area (TPSA) is 31.6 Å². The van der Waals surface area contributed by atoms with Crippen molar-refractivity contribution in [2.24, 2.45) is 0 Å². The molecule has 28 heavy (non-hydrogen) atoms. The van der Waals surface area contributed by atoms with Crippen LogP contribution in [0.1, 0.15) is 42.9 Å². The highest BCUT2D eigenvalue weighted by Crippen LogP contribution is 2.53. The molecule has 1 unspecified atom stereocenters. The highest BCUT2D eigenvalue weighted by Gasteiger charge is 2.58. The Hall–Kier alpha value is -2.69. The van der Waals surface area contributed by atoms with Gasteiger partial charge in [0, 0.05) is 34.2 Å². The van der Waals surface area contributed by atoms with E-state index >= 15 is 0 Å². The van der Waals surface area contributed by atoms with Gasteiger partial charge >= 0.3 is 6.18 Å². The minimum absolute atomic E-state index is 0.00960. The third-order valence-corrected chi connectivity index (χ3v) is 5.74. The van der Waals surface area contributed by atoms with E-state index in [0.717, 1.165) is 16.6 Å². The van der Waals surface area contributed by atoms with Crippen molar-refractivity contribution >= 4 is 21.8 Å². The van der Waals surface area contributed by atoms with Crippen molar-refractivity contribution in [3.05, 3.63) is 71.5 Å². The van der Waals surface area contributed by atoms with E-state index in [-0.39, 0.29) is 6.42 Å². The SMILES string of the molecule is CCCCC(c1c[nH]c2ccccc12)(c1c[nH]c2cc(C)ccc12)C(F)(F)F. The molecular weight excluding hydrogens is 361 g/mol. The van der Waals surface area contributed by atoms with Crippen molar-refractivity contribution in [1.29, 1.82) is 0 Å². The molecule has 4 aromatic rings. The molecule has 2 heterocycles. The Balaban J connectivity index is 2.08. The molecule has 2 aromatic carbocycles. The third-order valence-electron chi connectivity index (χ3n) is 5.74. The van der Waals surface area contributed by atoms with Crippen LogP contribution in [0.5, 0.6) is 0 Å². The van der Waals surface area contributed by atoms with Gasteiger partial charge in [0.2, 0.25) is 0 Å². The largest absolute Gasteiger partial charge is 0.402 e. The van der Waals surface area contributed by atoms with E-state index in [1.54, 1.807) is 30.6 Å². The van der Waals surface area contributed by atoms with Gasteiger partial charge in [-0.1, -0.05) is 50.1 Å². The fourth-order valence-corrected chi connectivity index (χ4v) is 4.32. The van der Waals surface area contributed by atoms with Crippen LogP contribution in [-0.4, -0.2) is 16.1 Å². The first-order valence-electron chi connectivity index (χ1n) is 9.60. The number of rotatable bonds is 5. The lowest BCUT2D eigenvalue weighted by atomic mass is 9.70. The number of aromatic amines is 2. The molecule has 4 rings (SSSR count). The second kappa shape index (κ2) is 6.73. The molecule has 2 nitrogen and oxygen atoms in total. The van der Waals surface area contributed by atoms with Gasteiger partial charge in [0.05, 0.1) is 0 Å². The fraction of sp³-hybridized carbons (Fsp3) is 0.304. The van der Waals surface area contributed by atoms with Crippen molar-refractivity contribution < 1.29 is 13.2 Å². The molecule has 0 aliphatic carbocycles. The average molecular weight is 384 g/mol. The lowest BCUT2D eigenvalue weighted by Gasteiger charge is -2.36. The quantitative estimate of drug-likeness (QED) is 0.371. The fourth-order valence-electron chi connectivity index (χ4n) is 4.32. The first-order chi connectivity index (χ1) is 13.4. The summed E-state index contributed by atoms with van der Waals surface area (Å²) in [5, 5.41) is 1.25. The Bertz CT molecular complexity index is 1120. The summed E-state index contributed by atoms with van der Waals surface area (Å²) in [5.74, 6) is 0. The number of aryl methyl sites for hydroxylation is 1. The van der Waals surface area contributed by atoms with Crippen LogP contribution in [0.15, 0.2) is 54.9 Å². The van der Waals surface area contributed by atoms with E-state index < -0.39 is 11.6 Å². The minimum Gasteiger partial charge on any atom is -0.361 e. The molecule has 0 bridgehead atoms. The number of nitrogens with one attached hydrogen (secondary N) is 2. The number of hydrogen-bond donors (Lipinski definition) is 2. The Kier molecular flexibility index (Phi) is 4.48. The van der Waals surface area contributed by atoms with Crippen molar-refractivity contribution in [2.45, 2.75) is 44.7 Å². The maximum absolute atomic E-state index is 14.9. The second-order valence-electron chi connectivity index (χ2n) is 7.51. The van der Waals surface area contributed by atoms with E-state index in [1.165, 1.54) is 0 Å². The summed E-state index contributed by atoms with van der Waals surface area (Å²) in [5.41, 5.74) is 0.993. The second-order valence-corrected chi connectivity index (χ2v) is 7.51. The van der Waals surface area contributed by atoms with Crippen LogP contribution >= 0.6 is 0 Å². The zero-order valence-corrected chi connectivity index (χ0v) is 16.0. The molecule has 146 valence electrons. The zero-order valence-electron chi connectivity index (χ0n) is 16.0. The lowest BCUT2D eigenvalue weighted by Crippen LogP contribution is -2.43. The average Bonchev–Trinajstić information content (AvgIpc) is 3.26. The number of alkyl halides is 3. The standard InChI is InChI=1S/C23H23F3N2/c1-3-4-11-22(23(24,25)26,18-13-27-20-8-6-5-7-16(18)20)19-14-28-21-12-15(2)9-10-17(19)21/h5-10,12-14,27-28H,3-4,11H2,1-2H3. The molecular formula is C23H23F3N2. The maximum atomic E-state index is 14.9. The predicted molar refractivity (Wildman–Crippen MR) is 108 cm³/mol. The van der Waals surface area contributed by atoms with Gasteiger partial charge in [-0.15, -0.1) is 0 Å². The molecule has 0 saturated carbocycles. The van der Waals surface area contributed by atoms with Crippen molar-refractivity contribution in [1.82, 2.24) is 9.97 Å². The number of hydrogen-bond acceptors (Lipinski definition) is 0.